The third-order valence-corrected chi connectivity index (χ3v) is 13.4. The molecule has 0 bridgehead atoms. The predicted octanol–water partition coefficient (Wildman–Crippen LogP) is 5.13. The molecule has 130 valence electrons. The van der Waals surface area contributed by atoms with Crippen molar-refractivity contribution >= 4 is 38.8 Å². The van der Waals surface area contributed by atoms with Crippen LogP contribution in [-0.4, -0.2) is 6.16 Å². The van der Waals surface area contributed by atoms with Gasteiger partial charge in [0.2, 0.25) is 0 Å². The van der Waals surface area contributed by atoms with Crippen molar-refractivity contribution < 1.29 is 0 Å². The maximum atomic E-state index is 3.78. The van der Waals surface area contributed by atoms with Crippen LogP contribution in [0.2, 0.25) is 0 Å². The normalized spacial score (nSPS) is 13.1. The van der Waals surface area contributed by atoms with E-state index in [4.69, 9.17) is 0 Å². The number of hydrogen-bond donors (Lipinski definition) is 1. The Hall–Kier alpha value is -1.47. The topological polar surface area (TPSA) is 12.0 Å². The average molecular weight is 414 g/mol. The summed E-state index contributed by atoms with van der Waals surface area (Å²) in [6, 6.07) is 32.9. The van der Waals surface area contributed by atoms with Gasteiger partial charge in [-0.25, -0.2) is 0 Å². The van der Waals surface area contributed by atoms with Crippen molar-refractivity contribution in [2.75, 3.05) is 6.16 Å². The van der Waals surface area contributed by atoms with E-state index in [1.807, 2.05) is 0 Å². The van der Waals surface area contributed by atoms with Gasteiger partial charge in [0.15, 0.2) is 0 Å². The molecule has 0 saturated carbocycles. The van der Waals surface area contributed by atoms with Crippen LogP contribution in [0.25, 0.3) is 0 Å². The van der Waals surface area contributed by atoms with E-state index in [0.717, 1.165) is 12.6 Å². The molecule has 0 fully saturated rings. The van der Waals surface area contributed by atoms with Crippen LogP contribution in [0.15, 0.2) is 91.0 Å². The summed E-state index contributed by atoms with van der Waals surface area (Å²) >= 11 is 3.78. The summed E-state index contributed by atoms with van der Waals surface area (Å²) in [6.07, 6.45) is 3.42. The van der Waals surface area contributed by atoms with Crippen LogP contribution in [0.4, 0.5) is 0 Å². The van der Waals surface area contributed by atoms with Crippen LogP contribution in [-0.2, 0) is 0 Å². The van der Waals surface area contributed by atoms with Crippen LogP contribution in [0.5, 0.6) is 0 Å². The average Bonchev–Trinajstić information content (AvgIpc) is 2.72. The molecule has 3 aromatic carbocycles. The number of rotatable bonds is 7. The Morgan fingerprint density at radius 3 is 1.32 bits per heavy atom. The molecule has 0 atom stereocenters. The second-order valence-corrected chi connectivity index (χ2v) is 12.3. The van der Waals surface area contributed by atoms with Crippen LogP contribution in [0.3, 0.4) is 0 Å². The molecule has 0 aliphatic heterocycles. The summed E-state index contributed by atoms with van der Waals surface area (Å²) in [4.78, 5) is 0. The van der Waals surface area contributed by atoms with E-state index in [0.29, 0.717) is 0 Å². The van der Waals surface area contributed by atoms with Gasteiger partial charge in [0.25, 0.3) is 0 Å². The van der Waals surface area contributed by atoms with Crippen molar-refractivity contribution in [3.63, 3.8) is 0 Å². The minimum atomic E-state index is -2.81. The Labute approximate surface area is 159 Å². The molecule has 3 rings (SSSR count). The van der Waals surface area contributed by atoms with Crippen molar-refractivity contribution in [1.82, 2.24) is 4.11 Å². The first-order valence-electron chi connectivity index (χ1n) is 8.84. The van der Waals surface area contributed by atoms with E-state index >= 15 is 0 Å². The van der Waals surface area contributed by atoms with Crippen molar-refractivity contribution in [3.05, 3.63) is 91.0 Å². The van der Waals surface area contributed by atoms with Crippen molar-refractivity contribution in [3.8, 4) is 0 Å². The zero-order valence-corrected chi connectivity index (χ0v) is 17.1. The van der Waals surface area contributed by atoms with Crippen LogP contribution in [0, 0.1) is 0 Å². The van der Waals surface area contributed by atoms with Gasteiger partial charge in [-0.15, -0.1) is 0 Å². The second kappa shape index (κ2) is 7.83. The molecule has 0 spiro atoms. The molecule has 0 saturated heterocycles. The van der Waals surface area contributed by atoms with Gasteiger partial charge in [0, 0.05) is 0 Å². The molecule has 0 heterocycles. The molecule has 1 N–H and O–H groups in total. The molecular weight excluding hydrogens is 389 g/mol. The third-order valence-electron chi connectivity index (χ3n) is 5.12. The van der Waals surface area contributed by atoms with Crippen molar-refractivity contribution in [2.24, 2.45) is 0 Å². The number of nitrogens with one attached hydrogen (secondary N) is 1. The van der Waals surface area contributed by atoms with E-state index in [-0.39, 0.29) is 0 Å². The van der Waals surface area contributed by atoms with Gasteiger partial charge < -0.3 is 0 Å². The molecule has 0 unspecified atom stereocenters. The molecule has 0 aromatic heterocycles. The first-order chi connectivity index (χ1) is 12.3. The molecule has 0 aliphatic rings. The van der Waals surface area contributed by atoms with Gasteiger partial charge in [0.05, 0.1) is 0 Å². The standard InChI is InChI=1S/C22H25BrNP/c1-2-3-19-25(24-23,20-13-7-4-8-14-20,21-15-9-5-10-16-21)22-17-11-6-12-18-22/h4-18,24H,2-3,19H2,1H3. The van der Waals surface area contributed by atoms with Gasteiger partial charge in [0.1, 0.15) is 0 Å². The minimum absolute atomic E-state index is 1.09. The summed E-state index contributed by atoms with van der Waals surface area (Å²) < 4.78 is 3.76. The zero-order valence-electron chi connectivity index (χ0n) is 14.6. The molecule has 0 amide bonds. The molecule has 25 heavy (non-hydrogen) atoms. The van der Waals surface area contributed by atoms with Gasteiger partial charge in [-0.2, -0.15) is 0 Å². The van der Waals surface area contributed by atoms with Gasteiger partial charge in [-0.05, 0) is 0 Å². The number of halogens is 1. The fourth-order valence-corrected chi connectivity index (χ4v) is 11.6. The Balaban J connectivity index is 2.43. The summed E-state index contributed by atoms with van der Waals surface area (Å²) in [5.74, 6) is 0. The Morgan fingerprint density at radius 2 is 1.04 bits per heavy atom. The zero-order chi connectivity index (χ0) is 17.6. The Morgan fingerprint density at radius 1 is 0.680 bits per heavy atom. The molecule has 3 aromatic rings. The summed E-state index contributed by atoms with van der Waals surface area (Å²) in [5, 5.41) is 4.11. The maximum absolute atomic E-state index is 3.78. The monoisotopic (exact) mass is 413 g/mol. The van der Waals surface area contributed by atoms with E-state index in [2.05, 4.69) is 118 Å². The van der Waals surface area contributed by atoms with Crippen LogP contribution < -0.4 is 20.0 Å². The summed E-state index contributed by atoms with van der Waals surface area (Å²) in [5.41, 5.74) is 0. The molecule has 0 aliphatic carbocycles. The number of benzene rings is 3. The van der Waals surface area contributed by atoms with E-state index in [1.165, 1.54) is 22.3 Å². The first kappa shape index (κ1) is 18.3. The van der Waals surface area contributed by atoms with E-state index in [9.17, 15) is 0 Å². The van der Waals surface area contributed by atoms with Gasteiger partial charge >= 0.3 is 160 Å². The number of hydrogen-bond acceptors (Lipinski definition) is 1. The van der Waals surface area contributed by atoms with E-state index < -0.39 is 6.75 Å². The van der Waals surface area contributed by atoms with Crippen LogP contribution in [0.1, 0.15) is 19.8 Å². The fraction of sp³-hybridized carbons (Fsp3) is 0.182. The van der Waals surface area contributed by atoms with Gasteiger partial charge in [-0.3, -0.25) is 0 Å². The summed E-state index contributed by atoms with van der Waals surface area (Å²) in [7, 11) is 0. The molecule has 0 radical (unpaired) electrons. The Bertz CT molecular complexity index is 691. The molecule has 3 heteroatoms. The third kappa shape index (κ3) is 2.97. The van der Waals surface area contributed by atoms with Crippen molar-refractivity contribution in [2.45, 2.75) is 19.8 Å². The Kier molecular flexibility index (Phi) is 5.74. The van der Waals surface area contributed by atoms with Crippen LogP contribution >= 0.6 is 22.9 Å². The fourth-order valence-electron chi connectivity index (χ4n) is 3.77. The SMILES string of the molecule is CCCCP(NBr)(c1ccccc1)(c1ccccc1)c1ccccc1. The van der Waals surface area contributed by atoms with Crippen molar-refractivity contribution in [1.29, 1.82) is 0 Å². The van der Waals surface area contributed by atoms with Gasteiger partial charge in [-0.1, -0.05) is 0 Å². The molecular formula is C22H25BrNP. The quantitative estimate of drug-likeness (QED) is 0.418. The predicted molar refractivity (Wildman–Crippen MR) is 117 cm³/mol. The number of unbranched alkanes of at least 4 members (excludes halogenated alkanes) is 1. The molecule has 1 nitrogen and oxygen atoms in total. The van der Waals surface area contributed by atoms with E-state index in [1.54, 1.807) is 0 Å². The summed E-state index contributed by atoms with van der Waals surface area (Å²) in [6.45, 7) is -0.547. The first-order valence-corrected chi connectivity index (χ1v) is 12.1. The second-order valence-electron chi connectivity index (χ2n) is 6.47.